The van der Waals surface area contributed by atoms with Crippen molar-refractivity contribution in [2.75, 3.05) is 0 Å². The van der Waals surface area contributed by atoms with E-state index in [1.165, 1.54) is 6.92 Å². The Labute approximate surface area is 209 Å². The van der Waals surface area contributed by atoms with E-state index in [0.717, 1.165) is 24.8 Å². The molecule has 1 aromatic rings. The van der Waals surface area contributed by atoms with Gasteiger partial charge in [-0.05, 0) is 68.1 Å². The van der Waals surface area contributed by atoms with E-state index in [0.29, 0.717) is 18.8 Å². The monoisotopic (exact) mass is 494 g/mol. The first kappa shape index (κ1) is 30.8. The summed E-state index contributed by atoms with van der Waals surface area (Å²) >= 11 is 0. The predicted octanol–water partition coefficient (Wildman–Crippen LogP) is 6.47. The van der Waals surface area contributed by atoms with Gasteiger partial charge in [0, 0.05) is 6.10 Å². The number of aliphatic hydroxyl groups excluding tert-OH is 1. The Balaban J connectivity index is 2.87. The van der Waals surface area contributed by atoms with Gasteiger partial charge in [-0.25, -0.2) is 4.79 Å². The molecule has 0 radical (unpaired) electrons. The normalized spacial score (nSPS) is 18.0. The third-order valence-electron chi connectivity index (χ3n) is 7.67. The third-order valence-corrected chi connectivity index (χ3v) is 12.2. The maximum Gasteiger partial charge on any atom is 0.340 e. The second-order valence-corrected chi connectivity index (χ2v) is 16.4. The first-order valence-corrected chi connectivity index (χ1v) is 15.9. The fraction of sp³-hybridized carbons (Fsp3) is 0.750. The molecule has 0 amide bonds. The molecule has 0 spiro atoms. The second-order valence-electron chi connectivity index (χ2n) is 11.6. The molecule has 1 aromatic carbocycles. The number of benzene rings is 1. The Morgan fingerprint density at radius 3 is 2.12 bits per heavy atom. The summed E-state index contributed by atoms with van der Waals surface area (Å²) < 4.78 is 12.1. The van der Waals surface area contributed by atoms with Crippen molar-refractivity contribution in [1.82, 2.24) is 0 Å². The smallest absolute Gasteiger partial charge is 0.340 e. The number of rotatable bonds is 14. The highest BCUT2D eigenvalue weighted by atomic mass is 28.4. The molecule has 0 aliphatic rings. The summed E-state index contributed by atoms with van der Waals surface area (Å²) in [6.45, 7) is 19.3. The van der Waals surface area contributed by atoms with Crippen LogP contribution in [0.15, 0.2) is 30.3 Å². The van der Waals surface area contributed by atoms with E-state index in [9.17, 15) is 15.0 Å². The lowest BCUT2D eigenvalue weighted by molar-refractivity contribution is -0.177. The van der Waals surface area contributed by atoms with Crippen molar-refractivity contribution in [3.8, 4) is 0 Å². The van der Waals surface area contributed by atoms with Crippen LogP contribution in [-0.4, -0.2) is 42.3 Å². The number of carbonyl (C=O) groups is 1. The maximum absolute atomic E-state index is 12.6. The standard InChI is InChI=1S/C28H50O5Si/c1-10-21(3)19-23(24(11-2)33-34(8,9)27(4,5)6)17-18-25(29)28(7,31)26(30)32-20-22-15-13-12-14-16-22/h12-16,21,23-25,29,31H,10-11,17-20H2,1-9H3/t21-,23+,24+,25+,28-/m0/s1. The fourth-order valence-corrected chi connectivity index (χ4v) is 5.33. The minimum Gasteiger partial charge on any atom is -0.459 e. The van der Waals surface area contributed by atoms with Gasteiger partial charge in [0.1, 0.15) is 6.61 Å². The van der Waals surface area contributed by atoms with E-state index < -0.39 is 26.0 Å². The number of ether oxygens (including phenoxy) is 1. The molecule has 0 heterocycles. The number of carbonyl (C=O) groups excluding carboxylic acids is 1. The fourth-order valence-electron chi connectivity index (χ4n) is 3.87. The Morgan fingerprint density at radius 1 is 1.03 bits per heavy atom. The number of hydrogen-bond acceptors (Lipinski definition) is 5. The highest BCUT2D eigenvalue weighted by Gasteiger charge is 2.42. The van der Waals surface area contributed by atoms with Gasteiger partial charge in [-0.2, -0.15) is 0 Å². The van der Waals surface area contributed by atoms with Crippen molar-refractivity contribution in [2.24, 2.45) is 11.8 Å². The zero-order valence-electron chi connectivity index (χ0n) is 23.1. The molecule has 0 aromatic heterocycles. The second kappa shape index (κ2) is 13.2. The van der Waals surface area contributed by atoms with Crippen molar-refractivity contribution >= 4 is 14.3 Å². The Kier molecular flexibility index (Phi) is 12.0. The van der Waals surface area contributed by atoms with E-state index in [-0.39, 0.29) is 23.7 Å². The first-order valence-electron chi connectivity index (χ1n) is 12.9. The zero-order chi connectivity index (χ0) is 26.2. The number of hydrogen-bond donors (Lipinski definition) is 2. The van der Waals surface area contributed by atoms with Gasteiger partial charge in [-0.1, -0.05) is 78.3 Å². The summed E-state index contributed by atoms with van der Waals surface area (Å²) in [7, 11) is -1.95. The average molecular weight is 495 g/mol. The van der Waals surface area contributed by atoms with Crippen molar-refractivity contribution in [3.63, 3.8) is 0 Å². The lowest BCUT2D eigenvalue weighted by Crippen LogP contribution is -2.48. The van der Waals surface area contributed by atoms with E-state index >= 15 is 0 Å². The molecule has 0 fully saturated rings. The van der Waals surface area contributed by atoms with E-state index in [1.54, 1.807) is 0 Å². The quantitative estimate of drug-likeness (QED) is 0.229. The van der Waals surface area contributed by atoms with Crippen LogP contribution in [-0.2, 0) is 20.6 Å². The molecule has 0 aliphatic heterocycles. The maximum atomic E-state index is 12.6. The van der Waals surface area contributed by atoms with E-state index in [2.05, 4.69) is 54.6 Å². The van der Waals surface area contributed by atoms with Crippen LogP contribution in [0.4, 0.5) is 0 Å². The van der Waals surface area contributed by atoms with Gasteiger partial charge in [0.05, 0.1) is 6.10 Å². The van der Waals surface area contributed by atoms with E-state index in [4.69, 9.17) is 9.16 Å². The zero-order valence-corrected chi connectivity index (χ0v) is 24.1. The van der Waals surface area contributed by atoms with Gasteiger partial charge in [0.2, 0.25) is 0 Å². The summed E-state index contributed by atoms with van der Waals surface area (Å²) in [5, 5.41) is 21.7. The molecule has 0 saturated carbocycles. The summed E-state index contributed by atoms with van der Waals surface area (Å²) in [4.78, 5) is 12.6. The molecule has 0 aliphatic carbocycles. The van der Waals surface area contributed by atoms with E-state index in [1.807, 2.05) is 30.3 Å². The Morgan fingerprint density at radius 2 is 1.62 bits per heavy atom. The van der Waals surface area contributed by atoms with Crippen LogP contribution in [0, 0.1) is 11.8 Å². The molecule has 1 rings (SSSR count). The predicted molar refractivity (Wildman–Crippen MR) is 142 cm³/mol. The molecule has 196 valence electrons. The lowest BCUT2D eigenvalue weighted by atomic mass is 9.83. The third kappa shape index (κ3) is 9.10. The minimum atomic E-state index is -1.96. The largest absolute Gasteiger partial charge is 0.459 e. The minimum absolute atomic E-state index is 0.0669. The molecule has 5 nitrogen and oxygen atoms in total. The molecular weight excluding hydrogens is 444 g/mol. The van der Waals surface area contributed by atoms with Crippen LogP contribution in [0.1, 0.15) is 86.1 Å². The van der Waals surface area contributed by atoms with Gasteiger partial charge in [-0.3, -0.25) is 0 Å². The lowest BCUT2D eigenvalue weighted by Gasteiger charge is -2.42. The topological polar surface area (TPSA) is 76.0 Å². The van der Waals surface area contributed by atoms with Gasteiger partial charge in [-0.15, -0.1) is 0 Å². The van der Waals surface area contributed by atoms with Crippen molar-refractivity contribution in [1.29, 1.82) is 0 Å². The summed E-state index contributed by atoms with van der Waals surface area (Å²) in [5.41, 5.74) is -1.12. The molecule has 2 N–H and O–H groups in total. The highest BCUT2D eigenvalue weighted by Crippen LogP contribution is 2.40. The molecule has 0 unspecified atom stereocenters. The van der Waals surface area contributed by atoms with Crippen molar-refractivity contribution < 1.29 is 24.2 Å². The van der Waals surface area contributed by atoms with Crippen LogP contribution >= 0.6 is 0 Å². The van der Waals surface area contributed by atoms with Gasteiger partial charge < -0.3 is 19.4 Å². The average Bonchev–Trinajstić information content (AvgIpc) is 2.77. The summed E-state index contributed by atoms with van der Waals surface area (Å²) in [5.74, 6) is -0.0117. The molecule has 6 heteroatoms. The van der Waals surface area contributed by atoms with Gasteiger partial charge in [0.15, 0.2) is 13.9 Å². The van der Waals surface area contributed by atoms with Crippen LogP contribution in [0.2, 0.25) is 18.1 Å². The SMILES string of the molecule is CC[C@H](C)C[C@@H](CC[C@@H](O)[C@](C)(O)C(=O)OCc1ccccc1)[C@@H](CC)O[Si](C)(C)C(C)(C)C. The Bertz CT molecular complexity index is 726. The number of aliphatic hydroxyl groups is 2. The molecule has 5 atom stereocenters. The van der Waals surface area contributed by atoms with Gasteiger partial charge >= 0.3 is 5.97 Å². The summed E-state index contributed by atoms with van der Waals surface area (Å²) in [6.07, 6.45) is 2.86. The van der Waals surface area contributed by atoms with Crippen molar-refractivity contribution in [2.45, 2.75) is 123 Å². The van der Waals surface area contributed by atoms with Crippen LogP contribution in [0.25, 0.3) is 0 Å². The van der Waals surface area contributed by atoms with Gasteiger partial charge in [0.25, 0.3) is 0 Å². The van der Waals surface area contributed by atoms with Crippen LogP contribution < -0.4 is 0 Å². The molecule has 0 bridgehead atoms. The van der Waals surface area contributed by atoms with Crippen LogP contribution in [0.3, 0.4) is 0 Å². The molecule has 34 heavy (non-hydrogen) atoms. The molecule has 0 saturated heterocycles. The summed E-state index contributed by atoms with van der Waals surface area (Å²) in [6, 6.07) is 9.32. The highest BCUT2D eigenvalue weighted by molar-refractivity contribution is 6.74. The molecular formula is C28H50O5Si. The Hall–Kier alpha value is -1.21. The van der Waals surface area contributed by atoms with Crippen molar-refractivity contribution in [3.05, 3.63) is 35.9 Å². The first-order chi connectivity index (χ1) is 15.7. The number of esters is 1. The van der Waals surface area contributed by atoms with Crippen LogP contribution in [0.5, 0.6) is 0 Å².